The molecule has 0 aliphatic carbocycles. The molecule has 0 amide bonds. The van der Waals surface area contributed by atoms with Gasteiger partial charge in [-0.15, -0.1) is 0 Å². The Hall–Kier alpha value is -3.37. The molecule has 0 N–H and O–H groups in total. The van der Waals surface area contributed by atoms with Crippen molar-refractivity contribution in [1.82, 2.24) is 0 Å². The average molecular weight is 391 g/mol. The first-order valence-corrected chi connectivity index (χ1v) is 9.03. The monoisotopic (exact) mass is 390 g/mol. The highest BCUT2D eigenvalue weighted by Gasteiger charge is 2.27. The first-order chi connectivity index (χ1) is 13.6. The van der Waals surface area contributed by atoms with Gasteiger partial charge in [-0.25, -0.2) is 0 Å². The smallest absolute Gasteiger partial charge is 0.231 e. The topological polar surface area (TPSA) is 52.6 Å². The molecule has 28 heavy (non-hydrogen) atoms. The van der Waals surface area contributed by atoms with Crippen LogP contribution in [0.4, 0.5) is 0 Å². The molecule has 0 spiro atoms. The predicted octanol–water partition coefficient (Wildman–Crippen LogP) is 5.22. The predicted molar refractivity (Wildman–Crippen MR) is 107 cm³/mol. The van der Waals surface area contributed by atoms with E-state index < -0.39 is 0 Å². The van der Waals surface area contributed by atoms with Gasteiger partial charge in [0.2, 0.25) is 5.78 Å². The Morgan fingerprint density at radius 1 is 1.00 bits per heavy atom. The fraction of sp³-hybridized carbons (Fsp3) is 0.0435. The summed E-state index contributed by atoms with van der Waals surface area (Å²) in [6.45, 7) is -0.0953. The molecule has 3 aromatic rings. The Kier molecular flexibility index (Phi) is 4.96. The normalized spacial score (nSPS) is 13.9. The molecule has 4 nitrogen and oxygen atoms in total. The number of fused-ring (bicyclic) bond motifs is 1. The van der Waals surface area contributed by atoms with E-state index in [0.717, 1.165) is 5.56 Å². The maximum atomic E-state index is 12.5. The fourth-order valence-electron chi connectivity index (χ4n) is 2.86. The number of carbonyl (C=O) groups is 2. The molecule has 0 saturated carbocycles. The van der Waals surface area contributed by atoms with E-state index in [0.29, 0.717) is 27.6 Å². The summed E-state index contributed by atoms with van der Waals surface area (Å²) < 4.78 is 11.3. The molecule has 0 unspecified atom stereocenters. The van der Waals surface area contributed by atoms with Crippen LogP contribution in [0.5, 0.6) is 11.5 Å². The third-order valence-corrected chi connectivity index (χ3v) is 4.49. The van der Waals surface area contributed by atoms with E-state index in [1.54, 1.807) is 66.7 Å². The van der Waals surface area contributed by atoms with Crippen molar-refractivity contribution in [2.45, 2.75) is 0 Å². The Bertz CT molecular complexity index is 1090. The standard InChI is InChI=1S/C23H15ClO4/c24-17-8-4-5-15(11-17)12-22-23(26)19-10-9-18(13-21(19)28-22)27-14-20(25)16-6-2-1-3-7-16/h1-13H,14H2/b22-12+. The zero-order valence-corrected chi connectivity index (χ0v) is 15.5. The minimum absolute atomic E-state index is 0.0953. The number of allylic oxidation sites excluding steroid dienone is 1. The number of ketones is 2. The van der Waals surface area contributed by atoms with Gasteiger partial charge in [-0.2, -0.15) is 0 Å². The molecule has 1 heterocycles. The van der Waals surface area contributed by atoms with Crippen LogP contribution in [0.3, 0.4) is 0 Å². The van der Waals surface area contributed by atoms with Gasteiger partial charge in [0.05, 0.1) is 5.56 Å². The lowest BCUT2D eigenvalue weighted by Gasteiger charge is -2.06. The van der Waals surface area contributed by atoms with Gasteiger partial charge in [0, 0.05) is 16.7 Å². The summed E-state index contributed by atoms with van der Waals surface area (Å²) in [5.74, 6) is 0.749. The van der Waals surface area contributed by atoms with Crippen LogP contribution >= 0.6 is 11.6 Å². The van der Waals surface area contributed by atoms with Gasteiger partial charge in [0.1, 0.15) is 11.5 Å². The van der Waals surface area contributed by atoms with Crippen LogP contribution in [0.25, 0.3) is 6.08 Å². The molecule has 0 radical (unpaired) electrons. The summed E-state index contributed by atoms with van der Waals surface area (Å²) in [7, 11) is 0. The quantitative estimate of drug-likeness (QED) is 0.443. The molecule has 0 saturated heterocycles. The minimum atomic E-state index is -0.207. The second kappa shape index (κ2) is 7.71. The van der Waals surface area contributed by atoms with Gasteiger partial charge in [0.15, 0.2) is 18.1 Å². The summed E-state index contributed by atoms with van der Waals surface area (Å²) in [5, 5.41) is 0.580. The Labute approximate surface area is 167 Å². The second-order valence-electron chi connectivity index (χ2n) is 6.23. The van der Waals surface area contributed by atoms with E-state index in [4.69, 9.17) is 21.1 Å². The lowest BCUT2D eigenvalue weighted by molar-refractivity contribution is 0.0921. The number of Topliss-reactive ketones (excluding diaryl/α,β-unsaturated/α-hetero) is 2. The van der Waals surface area contributed by atoms with Gasteiger partial charge >= 0.3 is 0 Å². The van der Waals surface area contributed by atoms with E-state index in [2.05, 4.69) is 0 Å². The maximum Gasteiger partial charge on any atom is 0.231 e. The molecule has 0 atom stereocenters. The highest BCUT2D eigenvalue weighted by atomic mass is 35.5. The molecule has 4 rings (SSSR count). The highest BCUT2D eigenvalue weighted by molar-refractivity contribution is 6.30. The van der Waals surface area contributed by atoms with Crippen LogP contribution in [0, 0.1) is 0 Å². The van der Waals surface area contributed by atoms with Crippen LogP contribution in [-0.4, -0.2) is 18.2 Å². The summed E-state index contributed by atoms with van der Waals surface area (Å²) in [6, 6.07) is 21.0. The van der Waals surface area contributed by atoms with E-state index in [1.165, 1.54) is 0 Å². The number of benzene rings is 3. The van der Waals surface area contributed by atoms with Gasteiger partial charge in [-0.05, 0) is 35.9 Å². The third kappa shape index (κ3) is 3.82. The van der Waals surface area contributed by atoms with Crippen molar-refractivity contribution < 1.29 is 19.1 Å². The third-order valence-electron chi connectivity index (χ3n) is 4.25. The largest absolute Gasteiger partial charge is 0.485 e. The summed E-state index contributed by atoms with van der Waals surface area (Å²) >= 11 is 5.98. The molecule has 1 aliphatic heterocycles. The number of carbonyl (C=O) groups excluding carboxylic acids is 2. The highest BCUT2D eigenvalue weighted by Crippen LogP contribution is 2.35. The van der Waals surface area contributed by atoms with Crippen LogP contribution in [0.2, 0.25) is 5.02 Å². The Morgan fingerprint density at radius 3 is 2.61 bits per heavy atom. The molecule has 1 aliphatic rings. The van der Waals surface area contributed by atoms with E-state index in [-0.39, 0.29) is 23.9 Å². The molecule has 0 fully saturated rings. The molecule has 0 aromatic heterocycles. The zero-order valence-electron chi connectivity index (χ0n) is 14.7. The van der Waals surface area contributed by atoms with Crippen molar-refractivity contribution in [3.05, 3.63) is 100 Å². The van der Waals surface area contributed by atoms with Gasteiger partial charge in [0.25, 0.3) is 0 Å². The lowest BCUT2D eigenvalue weighted by Crippen LogP contribution is -2.11. The number of rotatable bonds is 5. The number of ether oxygens (including phenoxy) is 2. The minimum Gasteiger partial charge on any atom is -0.485 e. The first-order valence-electron chi connectivity index (χ1n) is 8.65. The molecular weight excluding hydrogens is 376 g/mol. The van der Waals surface area contributed by atoms with Crippen LogP contribution < -0.4 is 9.47 Å². The van der Waals surface area contributed by atoms with Crippen molar-refractivity contribution in [2.24, 2.45) is 0 Å². The van der Waals surface area contributed by atoms with Gasteiger partial charge < -0.3 is 9.47 Å². The van der Waals surface area contributed by atoms with Gasteiger partial charge in [-0.3, -0.25) is 9.59 Å². The molecule has 0 bridgehead atoms. The number of halogens is 1. The number of hydrogen-bond donors (Lipinski definition) is 0. The SMILES string of the molecule is O=C(COc1ccc2c(c1)O/C(=C/c1cccc(Cl)c1)C2=O)c1ccccc1. The maximum absolute atomic E-state index is 12.5. The van der Waals surface area contributed by atoms with Crippen LogP contribution in [-0.2, 0) is 0 Å². The average Bonchev–Trinajstić information content (AvgIpc) is 3.01. The van der Waals surface area contributed by atoms with Crippen LogP contribution in [0.15, 0.2) is 78.6 Å². The van der Waals surface area contributed by atoms with Gasteiger partial charge in [-0.1, -0.05) is 54.1 Å². The van der Waals surface area contributed by atoms with E-state index >= 15 is 0 Å². The fourth-order valence-corrected chi connectivity index (χ4v) is 3.06. The van der Waals surface area contributed by atoms with Crippen molar-refractivity contribution in [1.29, 1.82) is 0 Å². The van der Waals surface area contributed by atoms with Crippen molar-refractivity contribution >= 4 is 29.2 Å². The summed E-state index contributed by atoms with van der Waals surface area (Å²) in [4.78, 5) is 24.7. The Balaban J connectivity index is 1.49. The summed E-state index contributed by atoms with van der Waals surface area (Å²) in [5.41, 5.74) is 1.81. The van der Waals surface area contributed by atoms with E-state index in [9.17, 15) is 9.59 Å². The molecule has 3 aromatic carbocycles. The molecule has 138 valence electrons. The van der Waals surface area contributed by atoms with Crippen LogP contribution in [0.1, 0.15) is 26.3 Å². The number of hydrogen-bond acceptors (Lipinski definition) is 4. The molecular formula is C23H15ClO4. The van der Waals surface area contributed by atoms with Crippen molar-refractivity contribution in [3.8, 4) is 11.5 Å². The zero-order chi connectivity index (χ0) is 19.5. The van der Waals surface area contributed by atoms with E-state index in [1.807, 2.05) is 12.1 Å². The van der Waals surface area contributed by atoms with Crippen molar-refractivity contribution in [3.63, 3.8) is 0 Å². The molecule has 5 heteroatoms. The van der Waals surface area contributed by atoms with Crippen molar-refractivity contribution in [2.75, 3.05) is 6.61 Å². The Morgan fingerprint density at radius 2 is 1.82 bits per heavy atom. The summed E-state index contributed by atoms with van der Waals surface area (Å²) in [6.07, 6.45) is 1.65. The second-order valence-corrected chi connectivity index (χ2v) is 6.67. The first kappa shape index (κ1) is 18.0. The lowest BCUT2D eigenvalue weighted by atomic mass is 10.1.